The standard InChI is InChI=1S/C9H18O2/c1-3-4-8(10)9-7(2)5-6-11-9/h7-10H,3-6H2,1-2H3/t7-,8+,9-/m0/s1/i6T/t6-,7+,8-,9+/m1. The number of rotatable bonds is 3. The summed E-state index contributed by atoms with van der Waals surface area (Å²) in [7, 11) is 0. The van der Waals surface area contributed by atoms with E-state index in [0.29, 0.717) is 5.92 Å². The van der Waals surface area contributed by atoms with Crippen LogP contribution in [0, 0.1) is 5.92 Å². The van der Waals surface area contributed by atoms with Crippen LogP contribution < -0.4 is 0 Å². The van der Waals surface area contributed by atoms with Crippen LogP contribution in [0.1, 0.15) is 34.5 Å². The summed E-state index contributed by atoms with van der Waals surface area (Å²) in [6.07, 6.45) is 2.02. The Morgan fingerprint density at radius 3 is 3.00 bits per heavy atom. The first-order valence-electron chi connectivity index (χ1n) is 4.98. The monoisotopic (exact) mass is 160 g/mol. The topological polar surface area (TPSA) is 29.5 Å². The number of hydrogen-bond donors (Lipinski definition) is 1. The molecule has 0 unspecified atom stereocenters. The van der Waals surface area contributed by atoms with Gasteiger partial charge in [-0.3, -0.25) is 0 Å². The van der Waals surface area contributed by atoms with Gasteiger partial charge in [0.05, 0.1) is 13.6 Å². The Balaban J connectivity index is 2.40. The van der Waals surface area contributed by atoms with Gasteiger partial charge in [0.25, 0.3) is 0 Å². The lowest BCUT2D eigenvalue weighted by atomic mass is 9.97. The summed E-state index contributed by atoms with van der Waals surface area (Å²) in [6.45, 7) is 3.66. The molecule has 0 spiro atoms. The van der Waals surface area contributed by atoms with E-state index in [4.69, 9.17) is 6.11 Å². The van der Waals surface area contributed by atoms with Crippen molar-refractivity contribution < 1.29 is 11.2 Å². The predicted molar refractivity (Wildman–Crippen MR) is 44.4 cm³/mol. The zero-order valence-corrected chi connectivity index (χ0v) is 7.29. The Bertz CT molecular complexity index is 140. The number of hydrogen-bond acceptors (Lipinski definition) is 2. The number of ether oxygens (including phenoxy) is 1. The fourth-order valence-corrected chi connectivity index (χ4v) is 1.52. The number of aliphatic hydroxyl groups excluding tert-OH is 1. The molecule has 0 bridgehead atoms. The maximum atomic E-state index is 9.63. The molecule has 0 aliphatic carbocycles. The Morgan fingerprint density at radius 2 is 2.55 bits per heavy atom. The Hall–Kier alpha value is -0.0800. The average Bonchev–Trinajstić information content (AvgIpc) is 2.30. The average molecular weight is 160 g/mol. The van der Waals surface area contributed by atoms with Crippen molar-refractivity contribution >= 4 is 0 Å². The van der Waals surface area contributed by atoms with E-state index in [2.05, 4.69) is 0 Å². The van der Waals surface area contributed by atoms with Crippen molar-refractivity contribution in [2.75, 3.05) is 6.58 Å². The van der Waals surface area contributed by atoms with Crippen LogP contribution in [0.15, 0.2) is 0 Å². The van der Waals surface area contributed by atoms with Crippen LogP contribution in [0.25, 0.3) is 0 Å². The van der Waals surface area contributed by atoms with E-state index < -0.39 is 6.58 Å². The molecular weight excluding hydrogens is 140 g/mol. The van der Waals surface area contributed by atoms with Gasteiger partial charge in [-0.25, -0.2) is 0 Å². The second kappa shape index (κ2) is 4.07. The molecule has 0 radical (unpaired) electrons. The third kappa shape index (κ3) is 2.17. The molecule has 1 aliphatic heterocycles. The SMILES string of the molecule is [3H][C@@H]1C[C@H](C)[C@@H]([C@H](O)CCC)O1. The molecule has 1 N–H and O–H groups in total. The van der Waals surface area contributed by atoms with Crippen LogP contribution in [0.3, 0.4) is 0 Å². The minimum atomic E-state index is -0.420. The number of aliphatic hydroxyl groups is 1. The maximum Gasteiger partial charge on any atom is 0.0860 e. The summed E-state index contributed by atoms with van der Waals surface area (Å²) in [5.74, 6) is 0.328. The highest BCUT2D eigenvalue weighted by atomic mass is 16.5. The highest BCUT2D eigenvalue weighted by molar-refractivity contribution is 4.78. The lowest BCUT2D eigenvalue weighted by molar-refractivity contribution is -0.0202. The molecule has 1 rings (SSSR count). The van der Waals surface area contributed by atoms with E-state index in [1.165, 1.54) is 0 Å². The van der Waals surface area contributed by atoms with Crippen LogP contribution in [-0.4, -0.2) is 23.9 Å². The van der Waals surface area contributed by atoms with Crippen molar-refractivity contribution in [2.24, 2.45) is 5.92 Å². The molecule has 0 amide bonds. The van der Waals surface area contributed by atoms with E-state index in [-0.39, 0.29) is 12.2 Å². The highest BCUT2D eigenvalue weighted by Gasteiger charge is 2.29. The molecule has 2 nitrogen and oxygen atoms in total. The second-order valence-electron chi connectivity index (χ2n) is 3.34. The van der Waals surface area contributed by atoms with Gasteiger partial charge in [-0.1, -0.05) is 20.3 Å². The largest absolute Gasteiger partial charge is 0.390 e. The van der Waals surface area contributed by atoms with Crippen molar-refractivity contribution in [1.82, 2.24) is 0 Å². The van der Waals surface area contributed by atoms with Gasteiger partial charge >= 0.3 is 0 Å². The van der Waals surface area contributed by atoms with Gasteiger partial charge in [-0.2, -0.15) is 0 Å². The molecule has 1 heterocycles. The van der Waals surface area contributed by atoms with Crippen molar-refractivity contribution in [1.29, 1.82) is 0 Å². The molecule has 4 atom stereocenters. The fraction of sp³-hybridized carbons (Fsp3) is 1.00. The third-order valence-electron chi connectivity index (χ3n) is 2.25. The van der Waals surface area contributed by atoms with Gasteiger partial charge < -0.3 is 9.84 Å². The summed E-state index contributed by atoms with van der Waals surface area (Å²) in [5, 5.41) is 9.63. The summed E-state index contributed by atoms with van der Waals surface area (Å²) in [6, 6.07) is 0. The van der Waals surface area contributed by atoms with E-state index >= 15 is 0 Å². The van der Waals surface area contributed by atoms with Crippen molar-refractivity contribution in [3.05, 3.63) is 0 Å². The van der Waals surface area contributed by atoms with Gasteiger partial charge in [-0.05, 0) is 18.8 Å². The highest BCUT2D eigenvalue weighted by Crippen LogP contribution is 2.24. The molecule has 66 valence electrons. The zero-order chi connectivity index (χ0) is 9.14. The summed E-state index contributed by atoms with van der Waals surface area (Å²) in [5.41, 5.74) is 0. The lowest BCUT2D eigenvalue weighted by Crippen LogP contribution is -2.29. The Morgan fingerprint density at radius 1 is 1.82 bits per heavy atom. The quantitative estimate of drug-likeness (QED) is 0.679. The van der Waals surface area contributed by atoms with Crippen LogP contribution in [-0.2, 0) is 4.74 Å². The third-order valence-corrected chi connectivity index (χ3v) is 2.25. The first-order valence-corrected chi connectivity index (χ1v) is 4.41. The Kier molecular flexibility index (Phi) is 2.80. The van der Waals surface area contributed by atoms with Crippen molar-refractivity contribution in [3.8, 4) is 0 Å². The molecule has 0 aromatic heterocycles. The molecule has 1 saturated heterocycles. The lowest BCUT2D eigenvalue weighted by Gasteiger charge is -2.20. The van der Waals surface area contributed by atoms with E-state index in [1.54, 1.807) is 0 Å². The summed E-state index contributed by atoms with van der Waals surface area (Å²) >= 11 is 0. The molecule has 0 aromatic carbocycles. The van der Waals surface area contributed by atoms with Crippen LogP contribution in [0.4, 0.5) is 0 Å². The Labute approximate surface area is 70.0 Å². The zero-order valence-electron chi connectivity index (χ0n) is 8.29. The van der Waals surface area contributed by atoms with Gasteiger partial charge in [0.15, 0.2) is 0 Å². The molecule has 0 saturated carbocycles. The first-order chi connectivity index (χ1) is 5.65. The summed E-state index contributed by atoms with van der Waals surface area (Å²) < 4.78 is 12.7. The minimum absolute atomic E-state index is 0.104. The van der Waals surface area contributed by atoms with E-state index in [9.17, 15) is 5.11 Å². The molecule has 1 aliphatic rings. The molecule has 0 aromatic rings. The predicted octanol–water partition coefficient (Wildman–Crippen LogP) is 1.57. The smallest absolute Gasteiger partial charge is 0.0860 e. The van der Waals surface area contributed by atoms with Gasteiger partial charge in [-0.15, -0.1) is 0 Å². The normalized spacial score (nSPS) is 42.1. The van der Waals surface area contributed by atoms with Crippen molar-refractivity contribution in [2.45, 2.75) is 45.3 Å². The summed E-state index contributed by atoms with van der Waals surface area (Å²) in [4.78, 5) is 0. The van der Waals surface area contributed by atoms with Crippen molar-refractivity contribution in [3.63, 3.8) is 0 Å². The van der Waals surface area contributed by atoms with Gasteiger partial charge in [0, 0.05) is 6.58 Å². The van der Waals surface area contributed by atoms with Gasteiger partial charge in [0.2, 0.25) is 0 Å². The fourth-order valence-electron chi connectivity index (χ4n) is 1.52. The van der Waals surface area contributed by atoms with E-state index in [0.717, 1.165) is 19.3 Å². The first kappa shape index (κ1) is 7.56. The molecule has 11 heavy (non-hydrogen) atoms. The van der Waals surface area contributed by atoms with E-state index in [1.807, 2.05) is 13.8 Å². The van der Waals surface area contributed by atoms with Crippen LogP contribution in [0.5, 0.6) is 0 Å². The molecule has 1 fully saturated rings. The van der Waals surface area contributed by atoms with Gasteiger partial charge in [0.1, 0.15) is 0 Å². The van der Waals surface area contributed by atoms with Crippen LogP contribution >= 0.6 is 0 Å². The van der Waals surface area contributed by atoms with Crippen LogP contribution in [0.2, 0.25) is 0 Å². The molecular formula is C9H18O2. The minimum Gasteiger partial charge on any atom is -0.390 e. The second-order valence-corrected chi connectivity index (χ2v) is 3.34. The maximum absolute atomic E-state index is 9.63. The molecule has 2 heteroatoms.